The van der Waals surface area contributed by atoms with Crippen LogP contribution in [-0.2, 0) is 14.2 Å². The van der Waals surface area contributed by atoms with Crippen molar-refractivity contribution >= 4 is 52.8 Å². The minimum absolute atomic E-state index is 0.266. The number of anilines is 2. The van der Waals surface area contributed by atoms with Crippen LogP contribution in [0.2, 0.25) is 0 Å². The number of imide groups is 1. The predicted octanol–water partition coefficient (Wildman–Crippen LogP) is 6.30. The highest BCUT2D eigenvalue weighted by Gasteiger charge is 2.51. The van der Waals surface area contributed by atoms with Gasteiger partial charge in [-0.1, -0.05) is 97.1 Å². The second kappa shape index (κ2) is 10.9. The van der Waals surface area contributed by atoms with Gasteiger partial charge in [-0.2, -0.15) is 0 Å². The van der Waals surface area contributed by atoms with E-state index in [9.17, 15) is 23.9 Å². The van der Waals surface area contributed by atoms with Crippen LogP contribution in [0.5, 0.6) is 0 Å². The van der Waals surface area contributed by atoms with E-state index in [2.05, 4.69) is 4.90 Å². The third kappa shape index (κ3) is 5.04. The van der Waals surface area contributed by atoms with Crippen molar-refractivity contribution in [2.75, 3.05) is 16.3 Å². The lowest BCUT2D eigenvalue weighted by molar-refractivity contribution is -0.122. The summed E-state index contributed by atoms with van der Waals surface area (Å²) in [5, 5.41) is 3.79. The molecule has 3 unspecified atom stereocenters. The lowest BCUT2D eigenvalue weighted by Crippen LogP contribution is -2.44. The zero-order chi connectivity index (χ0) is 28.6. The lowest BCUT2D eigenvalue weighted by Gasteiger charge is -2.35. The van der Waals surface area contributed by atoms with Crippen molar-refractivity contribution < 1.29 is 23.9 Å². The van der Waals surface area contributed by atoms with Gasteiger partial charge < -0.3 is 14.7 Å². The second-order valence-corrected chi connectivity index (χ2v) is 12.1. The topological polar surface area (TPSA) is 98.2 Å². The van der Waals surface area contributed by atoms with Crippen LogP contribution in [0.15, 0.2) is 115 Å². The normalized spacial score (nSPS) is 18.0. The van der Waals surface area contributed by atoms with E-state index in [-0.39, 0.29) is 5.69 Å². The van der Waals surface area contributed by atoms with Crippen LogP contribution in [0.1, 0.15) is 18.0 Å². The van der Waals surface area contributed by atoms with Gasteiger partial charge >= 0.3 is 7.60 Å². The number of rotatable bonds is 7. The molecule has 1 aliphatic rings. The first-order valence-corrected chi connectivity index (χ1v) is 15.2. The Morgan fingerprint density at radius 3 is 2.22 bits per heavy atom. The average molecular weight is 565 g/mol. The maximum absolute atomic E-state index is 14.1. The molecule has 41 heavy (non-hydrogen) atoms. The van der Waals surface area contributed by atoms with E-state index in [1.54, 1.807) is 18.2 Å². The Bertz CT molecular complexity index is 1780. The van der Waals surface area contributed by atoms with E-state index >= 15 is 0 Å². The van der Waals surface area contributed by atoms with Crippen molar-refractivity contribution in [3.63, 3.8) is 0 Å². The standard InChI is InChI=1S/C33H29N2O5P/c36-22-35(27-18-17-23-9-4-5-13-26(23)21-27)33(37)32(41(38,39)40)29-19-20-34(31(29)25-11-2-1-3-12-25)30-16-8-14-24-10-6-7-15-28(24)30/h1-18,21-22,29,31-32H,19-20H2,(H2,38,39,40). The van der Waals surface area contributed by atoms with E-state index in [4.69, 9.17) is 0 Å². The first-order chi connectivity index (χ1) is 19.9. The molecule has 2 N–H and O–H groups in total. The summed E-state index contributed by atoms with van der Waals surface area (Å²) in [5.74, 6) is -1.66. The van der Waals surface area contributed by atoms with Gasteiger partial charge in [-0.05, 0) is 46.3 Å². The molecule has 0 radical (unpaired) electrons. The van der Waals surface area contributed by atoms with Crippen LogP contribution in [0, 0.1) is 5.92 Å². The van der Waals surface area contributed by atoms with E-state index in [1.807, 2.05) is 97.1 Å². The molecule has 5 aromatic rings. The summed E-state index contributed by atoms with van der Waals surface area (Å²) < 4.78 is 13.2. The quantitative estimate of drug-likeness (QED) is 0.178. The summed E-state index contributed by atoms with van der Waals surface area (Å²) in [6, 6.07) is 35.6. The summed E-state index contributed by atoms with van der Waals surface area (Å²) in [4.78, 5) is 50.8. The molecule has 1 heterocycles. The molecule has 0 bridgehead atoms. The zero-order valence-electron chi connectivity index (χ0n) is 22.2. The Hall–Kier alpha value is -4.29. The lowest BCUT2D eigenvalue weighted by atomic mass is 9.89. The van der Waals surface area contributed by atoms with Crippen molar-refractivity contribution in [2.45, 2.75) is 18.1 Å². The highest BCUT2D eigenvalue weighted by atomic mass is 31.2. The summed E-state index contributed by atoms with van der Waals surface area (Å²) in [5.41, 5.74) is 0.322. The van der Waals surface area contributed by atoms with Crippen LogP contribution >= 0.6 is 7.60 Å². The van der Waals surface area contributed by atoms with Gasteiger partial charge in [0, 0.05) is 23.5 Å². The highest BCUT2D eigenvalue weighted by molar-refractivity contribution is 7.53. The molecule has 1 aliphatic heterocycles. The van der Waals surface area contributed by atoms with Crippen LogP contribution in [0.3, 0.4) is 0 Å². The Balaban J connectivity index is 1.45. The van der Waals surface area contributed by atoms with Crippen molar-refractivity contribution in [1.82, 2.24) is 0 Å². The molecule has 0 aliphatic carbocycles. The summed E-state index contributed by atoms with van der Waals surface area (Å²) >= 11 is 0. The van der Waals surface area contributed by atoms with Crippen LogP contribution < -0.4 is 9.80 Å². The van der Waals surface area contributed by atoms with Gasteiger partial charge in [-0.15, -0.1) is 0 Å². The molecule has 0 aromatic heterocycles. The molecule has 0 spiro atoms. The average Bonchev–Trinajstić information content (AvgIpc) is 3.41. The van der Waals surface area contributed by atoms with E-state index < -0.39 is 31.1 Å². The monoisotopic (exact) mass is 564 g/mol. The van der Waals surface area contributed by atoms with Gasteiger partial charge in [-0.3, -0.25) is 19.1 Å². The fourth-order valence-corrected chi connectivity index (χ4v) is 7.46. The summed E-state index contributed by atoms with van der Waals surface area (Å²) in [6.07, 6.45) is 0.707. The number of fused-ring (bicyclic) bond motifs is 2. The maximum atomic E-state index is 14.1. The third-order valence-corrected chi connectivity index (χ3v) is 9.37. The number of benzene rings is 5. The Morgan fingerprint density at radius 1 is 0.829 bits per heavy atom. The fourth-order valence-electron chi connectivity index (χ4n) is 6.24. The van der Waals surface area contributed by atoms with Gasteiger partial charge in [0.1, 0.15) is 5.66 Å². The number of hydrogen-bond donors (Lipinski definition) is 2. The van der Waals surface area contributed by atoms with Gasteiger partial charge in [-0.25, -0.2) is 0 Å². The van der Waals surface area contributed by atoms with Gasteiger partial charge in [0.2, 0.25) is 12.3 Å². The zero-order valence-corrected chi connectivity index (χ0v) is 23.0. The Kier molecular flexibility index (Phi) is 7.18. The van der Waals surface area contributed by atoms with E-state index in [1.165, 1.54) is 0 Å². The number of amides is 2. The molecular formula is C33H29N2O5P. The van der Waals surface area contributed by atoms with Gasteiger partial charge in [0.25, 0.3) is 0 Å². The molecule has 1 saturated heterocycles. The second-order valence-electron chi connectivity index (χ2n) is 10.4. The van der Waals surface area contributed by atoms with Crippen LogP contribution in [0.25, 0.3) is 21.5 Å². The van der Waals surface area contributed by atoms with Gasteiger partial charge in [0.05, 0.1) is 11.7 Å². The number of carbonyl (C=O) groups is 2. The highest BCUT2D eigenvalue weighted by Crippen LogP contribution is 2.54. The summed E-state index contributed by atoms with van der Waals surface area (Å²) in [6.45, 7) is 0.485. The molecule has 7 nitrogen and oxygen atoms in total. The SMILES string of the molecule is O=CN(C(=O)C(C1CCN(c2cccc3ccccc23)C1c1ccccc1)P(=O)(O)O)c1ccc2ccccc2c1. The van der Waals surface area contributed by atoms with Crippen molar-refractivity contribution in [3.8, 4) is 0 Å². The smallest absolute Gasteiger partial charge is 0.338 e. The number of hydrogen-bond acceptors (Lipinski definition) is 4. The van der Waals surface area contributed by atoms with Crippen molar-refractivity contribution in [1.29, 1.82) is 0 Å². The Morgan fingerprint density at radius 2 is 1.49 bits per heavy atom. The molecule has 206 valence electrons. The maximum Gasteiger partial charge on any atom is 0.338 e. The molecule has 2 amide bonds. The first-order valence-electron chi connectivity index (χ1n) is 13.5. The molecule has 6 rings (SSSR count). The molecule has 5 aromatic carbocycles. The van der Waals surface area contributed by atoms with Crippen molar-refractivity contribution in [2.24, 2.45) is 5.92 Å². The minimum Gasteiger partial charge on any atom is -0.364 e. The number of nitrogens with zero attached hydrogens (tertiary/aromatic N) is 2. The molecule has 0 saturated carbocycles. The molecule has 8 heteroatoms. The van der Waals surface area contributed by atoms with Crippen LogP contribution in [0.4, 0.5) is 11.4 Å². The first kappa shape index (κ1) is 26.9. The van der Waals surface area contributed by atoms with E-state index in [0.717, 1.165) is 37.7 Å². The molecular weight excluding hydrogens is 535 g/mol. The largest absolute Gasteiger partial charge is 0.364 e. The summed E-state index contributed by atoms with van der Waals surface area (Å²) in [7, 11) is -5.02. The van der Waals surface area contributed by atoms with E-state index in [0.29, 0.717) is 19.4 Å². The van der Waals surface area contributed by atoms with Crippen molar-refractivity contribution in [3.05, 3.63) is 121 Å². The minimum atomic E-state index is -5.02. The third-order valence-electron chi connectivity index (χ3n) is 8.04. The Labute approximate surface area is 237 Å². The van der Waals surface area contributed by atoms with Crippen LogP contribution in [-0.4, -0.2) is 34.3 Å². The predicted molar refractivity (Wildman–Crippen MR) is 162 cm³/mol. The number of carbonyl (C=O) groups excluding carboxylic acids is 2. The fraction of sp³-hybridized carbons (Fsp3) is 0.152. The molecule has 1 fully saturated rings. The molecule has 3 atom stereocenters. The van der Waals surface area contributed by atoms with Gasteiger partial charge in [0.15, 0.2) is 0 Å².